The molecular weight excluding hydrogens is 200 g/mol. The first-order chi connectivity index (χ1) is 7.51. The number of aromatic nitrogens is 2. The lowest BCUT2D eigenvalue weighted by molar-refractivity contribution is 0.466. The van der Waals surface area contributed by atoms with Gasteiger partial charge in [-0.15, -0.1) is 0 Å². The zero-order valence-corrected chi connectivity index (χ0v) is 10.9. The average molecular weight is 222 g/mol. The highest BCUT2D eigenvalue weighted by atomic mass is 15.2. The van der Waals surface area contributed by atoms with E-state index in [4.69, 9.17) is 0 Å². The van der Waals surface area contributed by atoms with Gasteiger partial charge in [0.15, 0.2) is 0 Å². The summed E-state index contributed by atoms with van der Waals surface area (Å²) < 4.78 is 0. The van der Waals surface area contributed by atoms with Crippen molar-refractivity contribution in [3.63, 3.8) is 0 Å². The SMILES string of the molecule is CCC(C)(C)N(C)c1cnc(CNC)cn1. The van der Waals surface area contributed by atoms with Gasteiger partial charge in [-0.3, -0.25) is 4.98 Å². The van der Waals surface area contributed by atoms with E-state index in [1.165, 1.54) is 0 Å². The van der Waals surface area contributed by atoms with Crippen LogP contribution in [0.25, 0.3) is 0 Å². The number of nitrogens with one attached hydrogen (secondary N) is 1. The number of hydrogen-bond donors (Lipinski definition) is 1. The van der Waals surface area contributed by atoms with Crippen LogP contribution in [0.15, 0.2) is 12.4 Å². The molecule has 0 radical (unpaired) electrons. The molecular formula is C12H22N4. The average Bonchev–Trinajstić information content (AvgIpc) is 2.29. The fraction of sp³-hybridized carbons (Fsp3) is 0.667. The molecule has 0 atom stereocenters. The maximum Gasteiger partial charge on any atom is 0.147 e. The van der Waals surface area contributed by atoms with Crippen LogP contribution in [0.5, 0.6) is 0 Å². The van der Waals surface area contributed by atoms with Gasteiger partial charge in [-0.2, -0.15) is 0 Å². The summed E-state index contributed by atoms with van der Waals surface area (Å²) in [5.74, 6) is 0.923. The van der Waals surface area contributed by atoms with E-state index in [0.29, 0.717) is 0 Å². The summed E-state index contributed by atoms with van der Waals surface area (Å²) >= 11 is 0. The van der Waals surface area contributed by atoms with Gasteiger partial charge in [0.25, 0.3) is 0 Å². The summed E-state index contributed by atoms with van der Waals surface area (Å²) in [6, 6.07) is 0. The molecule has 0 aromatic carbocycles. The smallest absolute Gasteiger partial charge is 0.147 e. The standard InChI is InChI=1S/C12H22N4/c1-6-12(2,3)16(5)11-9-14-10(7-13-4)8-15-11/h8-9,13H,6-7H2,1-5H3. The number of rotatable bonds is 5. The first kappa shape index (κ1) is 12.9. The largest absolute Gasteiger partial charge is 0.353 e. The Bertz CT molecular complexity index is 318. The molecule has 1 heterocycles. The van der Waals surface area contributed by atoms with E-state index in [1.54, 1.807) is 0 Å². The van der Waals surface area contributed by atoms with Gasteiger partial charge in [0.05, 0.1) is 18.1 Å². The summed E-state index contributed by atoms with van der Waals surface area (Å²) in [6.07, 6.45) is 4.74. The maximum absolute atomic E-state index is 4.43. The zero-order chi connectivity index (χ0) is 12.2. The third-order valence-corrected chi connectivity index (χ3v) is 3.17. The van der Waals surface area contributed by atoms with E-state index in [1.807, 2.05) is 19.4 Å². The van der Waals surface area contributed by atoms with Crippen molar-refractivity contribution in [2.75, 3.05) is 19.0 Å². The van der Waals surface area contributed by atoms with E-state index in [0.717, 1.165) is 24.5 Å². The molecule has 0 unspecified atom stereocenters. The van der Waals surface area contributed by atoms with Gasteiger partial charge in [-0.05, 0) is 27.3 Å². The van der Waals surface area contributed by atoms with E-state index >= 15 is 0 Å². The van der Waals surface area contributed by atoms with Crippen LogP contribution in [-0.4, -0.2) is 29.6 Å². The molecule has 4 heteroatoms. The minimum Gasteiger partial charge on any atom is -0.353 e. The molecule has 1 rings (SSSR count). The monoisotopic (exact) mass is 222 g/mol. The van der Waals surface area contributed by atoms with E-state index in [2.05, 4.69) is 48.0 Å². The quantitative estimate of drug-likeness (QED) is 0.825. The molecule has 0 saturated carbocycles. The Morgan fingerprint density at radius 1 is 1.31 bits per heavy atom. The third kappa shape index (κ3) is 2.92. The number of nitrogens with zero attached hydrogens (tertiary/aromatic N) is 3. The lowest BCUT2D eigenvalue weighted by Gasteiger charge is -2.35. The summed E-state index contributed by atoms with van der Waals surface area (Å²) in [7, 11) is 3.97. The topological polar surface area (TPSA) is 41.1 Å². The molecule has 1 N–H and O–H groups in total. The molecule has 0 bridgehead atoms. The van der Waals surface area contributed by atoms with Crippen LogP contribution in [0.3, 0.4) is 0 Å². The van der Waals surface area contributed by atoms with Crippen LogP contribution in [0.1, 0.15) is 32.9 Å². The Labute approximate surface area is 98.1 Å². The molecule has 1 aromatic rings. The van der Waals surface area contributed by atoms with Crippen LogP contribution >= 0.6 is 0 Å². The highest BCUT2D eigenvalue weighted by Crippen LogP contribution is 2.21. The normalized spacial score (nSPS) is 11.6. The fourth-order valence-corrected chi connectivity index (χ4v) is 1.34. The van der Waals surface area contributed by atoms with Crippen molar-refractivity contribution in [1.29, 1.82) is 0 Å². The second-order valence-electron chi connectivity index (χ2n) is 4.62. The second kappa shape index (κ2) is 5.25. The van der Waals surface area contributed by atoms with Gasteiger partial charge in [-0.1, -0.05) is 6.92 Å². The van der Waals surface area contributed by atoms with Crippen LogP contribution in [0.4, 0.5) is 5.82 Å². The minimum atomic E-state index is 0.110. The summed E-state index contributed by atoms with van der Waals surface area (Å²) in [6.45, 7) is 7.35. The van der Waals surface area contributed by atoms with Crippen molar-refractivity contribution in [2.24, 2.45) is 0 Å². The van der Waals surface area contributed by atoms with E-state index in [9.17, 15) is 0 Å². The Balaban J connectivity index is 2.81. The molecule has 0 aliphatic rings. The molecule has 0 fully saturated rings. The Kier molecular flexibility index (Phi) is 4.24. The van der Waals surface area contributed by atoms with Gasteiger partial charge >= 0.3 is 0 Å². The Morgan fingerprint density at radius 2 is 2.00 bits per heavy atom. The van der Waals surface area contributed by atoms with Crippen molar-refractivity contribution < 1.29 is 0 Å². The maximum atomic E-state index is 4.43. The van der Waals surface area contributed by atoms with Gasteiger partial charge in [0.2, 0.25) is 0 Å². The van der Waals surface area contributed by atoms with Gasteiger partial charge in [0.1, 0.15) is 5.82 Å². The van der Waals surface area contributed by atoms with E-state index in [-0.39, 0.29) is 5.54 Å². The molecule has 0 spiro atoms. The van der Waals surface area contributed by atoms with Crippen molar-refractivity contribution >= 4 is 5.82 Å². The van der Waals surface area contributed by atoms with Gasteiger partial charge in [0, 0.05) is 19.1 Å². The summed E-state index contributed by atoms with van der Waals surface area (Å²) in [5, 5.41) is 3.06. The zero-order valence-electron chi connectivity index (χ0n) is 10.9. The molecule has 0 aliphatic carbocycles. The van der Waals surface area contributed by atoms with Crippen LogP contribution in [0.2, 0.25) is 0 Å². The molecule has 0 saturated heterocycles. The predicted octanol–water partition coefficient (Wildman–Crippen LogP) is 1.82. The Hall–Kier alpha value is -1.16. The van der Waals surface area contributed by atoms with Gasteiger partial charge in [-0.25, -0.2) is 4.98 Å². The molecule has 1 aromatic heterocycles. The van der Waals surface area contributed by atoms with Gasteiger partial charge < -0.3 is 10.2 Å². The molecule has 4 nitrogen and oxygen atoms in total. The molecule has 0 aliphatic heterocycles. The third-order valence-electron chi connectivity index (χ3n) is 3.17. The summed E-state index contributed by atoms with van der Waals surface area (Å²) in [4.78, 5) is 11.0. The Morgan fingerprint density at radius 3 is 2.44 bits per heavy atom. The highest BCUT2D eigenvalue weighted by Gasteiger charge is 2.22. The van der Waals surface area contributed by atoms with Crippen LogP contribution in [-0.2, 0) is 6.54 Å². The van der Waals surface area contributed by atoms with Crippen molar-refractivity contribution in [2.45, 2.75) is 39.3 Å². The predicted molar refractivity (Wildman–Crippen MR) is 67.6 cm³/mol. The highest BCUT2D eigenvalue weighted by molar-refractivity contribution is 5.38. The second-order valence-corrected chi connectivity index (χ2v) is 4.62. The molecule has 16 heavy (non-hydrogen) atoms. The van der Waals surface area contributed by atoms with E-state index < -0.39 is 0 Å². The van der Waals surface area contributed by atoms with Crippen LogP contribution in [0, 0.1) is 0 Å². The lowest BCUT2D eigenvalue weighted by Crippen LogP contribution is -2.41. The van der Waals surface area contributed by atoms with Crippen molar-refractivity contribution in [3.05, 3.63) is 18.1 Å². The molecule has 90 valence electrons. The molecule has 0 amide bonds. The van der Waals surface area contributed by atoms with Crippen LogP contribution < -0.4 is 10.2 Å². The minimum absolute atomic E-state index is 0.110. The van der Waals surface area contributed by atoms with Crippen molar-refractivity contribution in [1.82, 2.24) is 15.3 Å². The lowest BCUT2D eigenvalue weighted by atomic mass is 10.0. The fourth-order valence-electron chi connectivity index (χ4n) is 1.34. The van der Waals surface area contributed by atoms with Crippen molar-refractivity contribution in [3.8, 4) is 0 Å². The first-order valence-corrected chi connectivity index (χ1v) is 5.70. The number of hydrogen-bond acceptors (Lipinski definition) is 4. The number of anilines is 1. The summed E-state index contributed by atoms with van der Waals surface area (Å²) in [5.41, 5.74) is 1.08. The first-order valence-electron chi connectivity index (χ1n) is 5.70.